The molecule has 0 saturated carbocycles. The van der Waals surface area contributed by atoms with Crippen LogP contribution in [0.2, 0.25) is 10.0 Å². The summed E-state index contributed by atoms with van der Waals surface area (Å²) in [5.41, 5.74) is 2.20. The summed E-state index contributed by atoms with van der Waals surface area (Å²) in [5, 5.41) is 1.38. The van der Waals surface area contributed by atoms with E-state index in [-0.39, 0.29) is 5.38 Å². The summed E-state index contributed by atoms with van der Waals surface area (Å²) in [6, 6.07) is 15.4. The maximum absolute atomic E-state index is 6.36. The SMILES string of the molecule is Clc1ccc(CC(Cl)c2cccc(Cl)c2)cc1. The van der Waals surface area contributed by atoms with Crippen molar-refractivity contribution in [2.75, 3.05) is 0 Å². The van der Waals surface area contributed by atoms with Gasteiger partial charge < -0.3 is 0 Å². The molecule has 0 saturated heterocycles. The first kappa shape index (κ1) is 12.8. The van der Waals surface area contributed by atoms with Crippen molar-refractivity contribution in [1.29, 1.82) is 0 Å². The van der Waals surface area contributed by atoms with Crippen molar-refractivity contribution in [3.63, 3.8) is 0 Å². The molecule has 0 spiro atoms. The van der Waals surface area contributed by atoms with Crippen LogP contribution >= 0.6 is 34.8 Å². The summed E-state index contributed by atoms with van der Waals surface area (Å²) in [5.74, 6) is 0. The molecule has 2 aromatic rings. The highest BCUT2D eigenvalue weighted by atomic mass is 35.5. The molecule has 0 N–H and O–H groups in total. The first-order valence-corrected chi connectivity index (χ1v) is 6.48. The smallest absolute Gasteiger partial charge is 0.0626 e. The topological polar surface area (TPSA) is 0 Å². The van der Waals surface area contributed by atoms with Gasteiger partial charge in [0, 0.05) is 10.0 Å². The molecule has 88 valence electrons. The molecule has 0 aliphatic carbocycles. The second kappa shape index (κ2) is 5.77. The average Bonchev–Trinajstić information content (AvgIpc) is 2.32. The van der Waals surface area contributed by atoms with E-state index in [0.717, 1.165) is 22.6 Å². The Kier molecular flexibility index (Phi) is 4.33. The van der Waals surface area contributed by atoms with Crippen molar-refractivity contribution in [3.8, 4) is 0 Å². The van der Waals surface area contributed by atoms with Crippen LogP contribution in [0.1, 0.15) is 16.5 Å². The third kappa shape index (κ3) is 3.64. The van der Waals surface area contributed by atoms with E-state index in [4.69, 9.17) is 34.8 Å². The first-order valence-electron chi connectivity index (χ1n) is 5.29. The molecular weight excluding hydrogens is 275 g/mol. The zero-order chi connectivity index (χ0) is 12.3. The van der Waals surface area contributed by atoms with Crippen LogP contribution < -0.4 is 0 Å². The predicted octanol–water partition coefficient (Wildman–Crippen LogP) is 5.52. The minimum atomic E-state index is -0.0742. The summed E-state index contributed by atoms with van der Waals surface area (Å²) in [6.45, 7) is 0. The summed E-state index contributed by atoms with van der Waals surface area (Å²) >= 11 is 18.1. The first-order chi connectivity index (χ1) is 8.15. The van der Waals surface area contributed by atoms with Crippen molar-refractivity contribution in [2.45, 2.75) is 11.8 Å². The summed E-state index contributed by atoms with van der Waals surface area (Å²) in [7, 11) is 0. The van der Waals surface area contributed by atoms with Crippen LogP contribution in [-0.4, -0.2) is 0 Å². The van der Waals surface area contributed by atoms with Crippen molar-refractivity contribution < 1.29 is 0 Å². The van der Waals surface area contributed by atoms with E-state index >= 15 is 0 Å². The Morgan fingerprint density at radius 2 is 1.59 bits per heavy atom. The fourth-order valence-corrected chi connectivity index (χ4v) is 2.29. The lowest BCUT2D eigenvalue weighted by molar-refractivity contribution is 0.920. The minimum Gasteiger partial charge on any atom is -0.117 e. The maximum atomic E-state index is 6.36. The second-order valence-corrected chi connectivity index (χ2v) is 5.25. The molecule has 0 amide bonds. The number of hydrogen-bond acceptors (Lipinski definition) is 0. The molecule has 2 aromatic carbocycles. The summed E-state index contributed by atoms with van der Waals surface area (Å²) in [4.78, 5) is 0. The highest BCUT2D eigenvalue weighted by molar-refractivity contribution is 6.31. The molecule has 0 fully saturated rings. The van der Waals surface area contributed by atoms with Gasteiger partial charge in [-0.25, -0.2) is 0 Å². The van der Waals surface area contributed by atoms with Gasteiger partial charge in [0.1, 0.15) is 0 Å². The van der Waals surface area contributed by atoms with Gasteiger partial charge in [0.05, 0.1) is 5.38 Å². The third-order valence-electron chi connectivity index (χ3n) is 2.54. The normalized spacial score (nSPS) is 12.4. The van der Waals surface area contributed by atoms with E-state index < -0.39 is 0 Å². The van der Waals surface area contributed by atoms with Crippen LogP contribution in [0.5, 0.6) is 0 Å². The molecule has 1 atom stereocenters. The lowest BCUT2D eigenvalue weighted by atomic mass is 10.0. The molecular formula is C14H11Cl3. The summed E-state index contributed by atoms with van der Waals surface area (Å²) < 4.78 is 0. The Labute approximate surface area is 116 Å². The number of rotatable bonds is 3. The van der Waals surface area contributed by atoms with Gasteiger partial charge in [0.15, 0.2) is 0 Å². The van der Waals surface area contributed by atoms with Crippen molar-refractivity contribution in [3.05, 3.63) is 69.7 Å². The minimum absolute atomic E-state index is 0.0742. The largest absolute Gasteiger partial charge is 0.117 e. The van der Waals surface area contributed by atoms with Crippen LogP contribution in [0, 0.1) is 0 Å². The van der Waals surface area contributed by atoms with E-state index in [1.165, 1.54) is 0 Å². The standard InChI is InChI=1S/C14H11Cl3/c15-12-6-4-10(5-7-12)8-14(17)11-2-1-3-13(16)9-11/h1-7,9,14H,8H2. The van der Waals surface area contributed by atoms with Crippen LogP contribution in [0.15, 0.2) is 48.5 Å². The molecule has 0 aromatic heterocycles. The molecule has 0 heterocycles. The Morgan fingerprint density at radius 3 is 2.24 bits per heavy atom. The van der Waals surface area contributed by atoms with Crippen LogP contribution in [0.3, 0.4) is 0 Å². The van der Waals surface area contributed by atoms with Crippen LogP contribution in [0.25, 0.3) is 0 Å². The number of benzene rings is 2. The number of hydrogen-bond donors (Lipinski definition) is 0. The van der Waals surface area contributed by atoms with Gasteiger partial charge in [0.2, 0.25) is 0 Å². The lowest BCUT2D eigenvalue weighted by Crippen LogP contribution is -1.95. The van der Waals surface area contributed by atoms with Crippen molar-refractivity contribution in [1.82, 2.24) is 0 Å². The summed E-state index contributed by atoms with van der Waals surface area (Å²) in [6.07, 6.45) is 0.763. The molecule has 0 aliphatic rings. The maximum Gasteiger partial charge on any atom is 0.0626 e. The average molecular weight is 286 g/mol. The zero-order valence-corrected chi connectivity index (χ0v) is 11.3. The highest BCUT2D eigenvalue weighted by Crippen LogP contribution is 2.27. The van der Waals surface area contributed by atoms with Crippen LogP contribution in [-0.2, 0) is 6.42 Å². The fraction of sp³-hybridized carbons (Fsp3) is 0.143. The molecule has 0 bridgehead atoms. The molecule has 0 aliphatic heterocycles. The Morgan fingerprint density at radius 1 is 0.882 bits per heavy atom. The van der Waals surface area contributed by atoms with E-state index in [0.29, 0.717) is 5.02 Å². The Bertz CT molecular complexity index is 491. The van der Waals surface area contributed by atoms with Gasteiger partial charge in [0.25, 0.3) is 0 Å². The highest BCUT2D eigenvalue weighted by Gasteiger charge is 2.09. The van der Waals surface area contributed by atoms with E-state index in [2.05, 4.69) is 0 Å². The molecule has 17 heavy (non-hydrogen) atoms. The van der Waals surface area contributed by atoms with Gasteiger partial charge in [-0.15, -0.1) is 11.6 Å². The molecule has 0 nitrogen and oxygen atoms in total. The number of halogens is 3. The van der Waals surface area contributed by atoms with Gasteiger partial charge in [-0.1, -0.05) is 47.5 Å². The Balaban J connectivity index is 2.11. The molecule has 2 rings (SSSR count). The second-order valence-electron chi connectivity index (χ2n) is 3.85. The van der Waals surface area contributed by atoms with Gasteiger partial charge in [-0.2, -0.15) is 0 Å². The molecule has 0 radical (unpaired) electrons. The Hall–Kier alpha value is -0.690. The number of alkyl halides is 1. The van der Waals surface area contributed by atoms with Crippen molar-refractivity contribution >= 4 is 34.8 Å². The van der Waals surface area contributed by atoms with Gasteiger partial charge in [-0.3, -0.25) is 0 Å². The van der Waals surface area contributed by atoms with Crippen LogP contribution in [0.4, 0.5) is 0 Å². The molecule has 1 unspecified atom stereocenters. The quantitative estimate of drug-likeness (QED) is 0.652. The van der Waals surface area contributed by atoms with E-state index in [1.54, 1.807) is 0 Å². The van der Waals surface area contributed by atoms with Gasteiger partial charge >= 0.3 is 0 Å². The fourth-order valence-electron chi connectivity index (χ4n) is 1.65. The zero-order valence-electron chi connectivity index (χ0n) is 9.04. The van der Waals surface area contributed by atoms with E-state index in [9.17, 15) is 0 Å². The lowest BCUT2D eigenvalue weighted by Gasteiger charge is -2.10. The van der Waals surface area contributed by atoms with E-state index in [1.807, 2.05) is 48.5 Å². The van der Waals surface area contributed by atoms with Crippen molar-refractivity contribution in [2.24, 2.45) is 0 Å². The monoisotopic (exact) mass is 284 g/mol. The third-order valence-corrected chi connectivity index (χ3v) is 3.43. The predicted molar refractivity (Wildman–Crippen MR) is 75.2 cm³/mol. The molecule has 3 heteroatoms. The van der Waals surface area contributed by atoms with Gasteiger partial charge in [-0.05, 0) is 41.8 Å².